The lowest BCUT2D eigenvalue weighted by atomic mass is 10.1. The summed E-state index contributed by atoms with van der Waals surface area (Å²) in [4.78, 5) is 0. The number of aromatic amines is 1. The fourth-order valence-corrected chi connectivity index (χ4v) is 1.68. The van der Waals surface area contributed by atoms with Gasteiger partial charge in [0.15, 0.2) is 0 Å². The summed E-state index contributed by atoms with van der Waals surface area (Å²) in [6.07, 6.45) is 1.59. The number of benzene rings is 1. The van der Waals surface area contributed by atoms with E-state index in [4.69, 9.17) is 17.3 Å². The Morgan fingerprint density at radius 2 is 2.20 bits per heavy atom. The van der Waals surface area contributed by atoms with Gasteiger partial charge in [0, 0.05) is 16.1 Å². The van der Waals surface area contributed by atoms with Crippen molar-refractivity contribution in [2.75, 3.05) is 5.73 Å². The second kappa shape index (κ2) is 3.90. The summed E-state index contributed by atoms with van der Waals surface area (Å²) in [5.41, 5.74) is 7.69. The van der Waals surface area contributed by atoms with Crippen LogP contribution in [0.25, 0.3) is 11.1 Å². The number of nitrogens with two attached hydrogens (primary N) is 1. The molecule has 0 radical (unpaired) electrons. The van der Waals surface area contributed by atoms with Gasteiger partial charge >= 0.3 is 0 Å². The Labute approximate surface area is 91.1 Å². The van der Waals surface area contributed by atoms with Crippen LogP contribution in [0.4, 0.5) is 10.2 Å². The first-order valence-corrected chi connectivity index (χ1v) is 4.73. The molecule has 78 valence electrons. The maximum absolute atomic E-state index is 12.4. The molecule has 0 saturated heterocycles. The van der Waals surface area contributed by atoms with Gasteiger partial charge in [0.05, 0.1) is 6.20 Å². The van der Waals surface area contributed by atoms with Crippen LogP contribution in [0, 0.1) is 0 Å². The molecule has 0 saturated carbocycles. The highest BCUT2D eigenvalue weighted by molar-refractivity contribution is 6.33. The Morgan fingerprint density at radius 1 is 1.40 bits per heavy atom. The number of alkyl halides is 1. The second-order valence-electron chi connectivity index (χ2n) is 3.15. The van der Waals surface area contributed by atoms with Gasteiger partial charge in [0.1, 0.15) is 12.5 Å². The van der Waals surface area contributed by atoms with E-state index in [0.29, 0.717) is 16.4 Å². The third kappa shape index (κ3) is 1.80. The van der Waals surface area contributed by atoms with Crippen molar-refractivity contribution in [3.8, 4) is 11.1 Å². The van der Waals surface area contributed by atoms with Crippen LogP contribution in [-0.2, 0) is 6.67 Å². The Kier molecular flexibility index (Phi) is 2.60. The van der Waals surface area contributed by atoms with Crippen molar-refractivity contribution in [3.05, 3.63) is 35.0 Å². The van der Waals surface area contributed by atoms with Crippen molar-refractivity contribution in [1.29, 1.82) is 0 Å². The van der Waals surface area contributed by atoms with Gasteiger partial charge in [-0.05, 0) is 11.6 Å². The van der Waals surface area contributed by atoms with Crippen LogP contribution in [0.15, 0.2) is 24.4 Å². The molecular formula is C10H9ClFN3. The molecule has 2 rings (SSSR count). The van der Waals surface area contributed by atoms with E-state index in [2.05, 4.69) is 10.2 Å². The molecule has 1 heterocycles. The van der Waals surface area contributed by atoms with Crippen LogP contribution in [0.5, 0.6) is 0 Å². The van der Waals surface area contributed by atoms with Crippen LogP contribution < -0.4 is 5.73 Å². The molecule has 0 amide bonds. The number of H-pyrrole nitrogens is 1. The molecule has 5 heteroatoms. The first-order chi connectivity index (χ1) is 7.22. The number of hydrogen-bond acceptors (Lipinski definition) is 2. The van der Waals surface area contributed by atoms with Gasteiger partial charge in [0.25, 0.3) is 0 Å². The largest absolute Gasteiger partial charge is 0.384 e. The lowest BCUT2D eigenvalue weighted by molar-refractivity contribution is 0.485. The van der Waals surface area contributed by atoms with Gasteiger partial charge < -0.3 is 5.73 Å². The highest BCUT2D eigenvalue weighted by atomic mass is 35.5. The quantitative estimate of drug-likeness (QED) is 0.826. The summed E-state index contributed by atoms with van der Waals surface area (Å²) in [7, 11) is 0. The third-order valence-corrected chi connectivity index (χ3v) is 2.46. The molecule has 3 N–H and O–H groups in total. The predicted molar refractivity (Wildman–Crippen MR) is 58.3 cm³/mol. The smallest absolute Gasteiger partial charge is 0.126 e. The van der Waals surface area contributed by atoms with E-state index < -0.39 is 6.67 Å². The zero-order valence-electron chi connectivity index (χ0n) is 7.80. The highest BCUT2D eigenvalue weighted by Gasteiger charge is 2.09. The predicted octanol–water partition coefficient (Wildman–Crippen LogP) is 2.78. The first-order valence-electron chi connectivity index (χ1n) is 4.36. The van der Waals surface area contributed by atoms with Crippen molar-refractivity contribution in [3.63, 3.8) is 0 Å². The van der Waals surface area contributed by atoms with Crippen LogP contribution in [0.2, 0.25) is 5.02 Å². The molecule has 2 aromatic rings. The number of nitrogens with one attached hydrogen (secondary N) is 1. The minimum Gasteiger partial charge on any atom is -0.384 e. The molecule has 0 spiro atoms. The van der Waals surface area contributed by atoms with E-state index in [1.165, 1.54) is 0 Å². The molecule has 15 heavy (non-hydrogen) atoms. The Balaban J connectivity index is 2.50. The molecule has 0 aliphatic heterocycles. The topological polar surface area (TPSA) is 54.7 Å². The lowest BCUT2D eigenvalue weighted by Crippen LogP contribution is -1.89. The molecule has 1 aromatic carbocycles. The van der Waals surface area contributed by atoms with Crippen LogP contribution >= 0.6 is 11.6 Å². The molecule has 3 nitrogen and oxygen atoms in total. The fourth-order valence-electron chi connectivity index (χ4n) is 1.37. The van der Waals surface area contributed by atoms with E-state index >= 15 is 0 Å². The van der Waals surface area contributed by atoms with Gasteiger partial charge in [-0.15, -0.1) is 0 Å². The van der Waals surface area contributed by atoms with E-state index in [1.807, 2.05) is 0 Å². The normalized spacial score (nSPS) is 10.5. The monoisotopic (exact) mass is 225 g/mol. The van der Waals surface area contributed by atoms with Crippen molar-refractivity contribution >= 4 is 17.4 Å². The average molecular weight is 226 g/mol. The number of nitrogen functional groups attached to an aromatic ring is 1. The van der Waals surface area contributed by atoms with E-state index in [-0.39, 0.29) is 0 Å². The number of halogens is 2. The summed E-state index contributed by atoms with van der Waals surface area (Å²) in [6, 6.07) is 5.00. The van der Waals surface area contributed by atoms with Crippen molar-refractivity contribution < 1.29 is 4.39 Å². The van der Waals surface area contributed by atoms with Crippen molar-refractivity contribution in [1.82, 2.24) is 10.2 Å². The van der Waals surface area contributed by atoms with Crippen molar-refractivity contribution in [2.45, 2.75) is 6.67 Å². The third-order valence-electron chi connectivity index (χ3n) is 2.15. The summed E-state index contributed by atoms with van der Waals surface area (Å²) in [5.74, 6) is 0.449. The van der Waals surface area contributed by atoms with Crippen LogP contribution in [-0.4, -0.2) is 10.2 Å². The lowest BCUT2D eigenvalue weighted by Gasteiger charge is -2.04. The first kappa shape index (κ1) is 9.98. The van der Waals surface area contributed by atoms with Crippen molar-refractivity contribution in [2.24, 2.45) is 0 Å². The van der Waals surface area contributed by atoms with Crippen LogP contribution in [0.3, 0.4) is 0 Å². The Bertz CT molecular complexity index is 481. The minimum absolute atomic E-state index is 0.449. The number of anilines is 1. The summed E-state index contributed by atoms with van der Waals surface area (Å²) >= 11 is 6.01. The number of hydrogen-bond donors (Lipinski definition) is 2. The molecule has 0 fully saturated rings. The summed E-state index contributed by atoms with van der Waals surface area (Å²) < 4.78 is 12.4. The van der Waals surface area contributed by atoms with Gasteiger partial charge in [-0.1, -0.05) is 23.7 Å². The Hall–Kier alpha value is -1.55. The SMILES string of the molecule is Nc1[nH]ncc1-c1ccc(CF)cc1Cl. The zero-order valence-corrected chi connectivity index (χ0v) is 8.55. The van der Waals surface area contributed by atoms with E-state index in [9.17, 15) is 4.39 Å². The Morgan fingerprint density at radius 3 is 2.73 bits per heavy atom. The summed E-state index contributed by atoms with van der Waals surface area (Å²) in [5, 5.41) is 6.89. The molecule has 1 aromatic heterocycles. The molecule has 0 aliphatic rings. The van der Waals surface area contributed by atoms with Gasteiger partial charge in [-0.25, -0.2) is 4.39 Å². The maximum Gasteiger partial charge on any atom is 0.126 e. The highest BCUT2D eigenvalue weighted by Crippen LogP contribution is 2.31. The van der Waals surface area contributed by atoms with Gasteiger partial charge in [-0.2, -0.15) is 5.10 Å². The molecular weight excluding hydrogens is 217 g/mol. The van der Waals surface area contributed by atoms with Gasteiger partial charge in [0.2, 0.25) is 0 Å². The number of nitrogens with zero attached hydrogens (tertiary/aromatic N) is 1. The summed E-state index contributed by atoms with van der Waals surface area (Å²) in [6.45, 7) is -0.527. The van der Waals surface area contributed by atoms with E-state index in [1.54, 1.807) is 24.4 Å². The molecule has 0 atom stereocenters. The minimum atomic E-state index is -0.527. The van der Waals surface area contributed by atoms with Gasteiger partial charge in [-0.3, -0.25) is 5.10 Å². The molecule has 0 bridgehead atoms. The maximum atomic E-state index is 12.4. The fraction of sp³-hybridized carbons (Fsp3) is 0.100. The second-order valence-corrected chi connectivity index (χ2v) is 3.55. The zero-order chi connectivity index (χ0) is 10.8. The number of aromatic nitrogens is 2. The molecule has 0 aliphatic carbocycles. The number of rotatable bonds is 2. The molecule has 0 unspecified atom stereocenters. The standard InChI is InChI=1S/C10H9ClFN3/c11-9-3-6(4-12)1-2-7(9)8-5-14-15-10(8)13/h1-3,5H,4H2,(H3,13,14,15). The van der Waals surface area contributed by atoms with Crippen LogP contribution in [0.1, 0.15) is 5.56 Å². The average Bonchev–Trinajstić information content (AvgIpc) is 2.64. The van der Waals surface area contributed by atoms with E-state index in [0.717, 1.165) is 11.1 Å².